The number of hydrogen-bond donors (Lipinski definition) is 2. The number of para-hydroxylation sites is 1. The molecule has 0 aliphatic heterocycles. The third kappa shape index (κ3) is 4.15. The average molecular weight is 397 g/mol. The molecule has 2 heterocycles. The summed E-state index contributed by atoms with van der Waals surface area (Å²) in [6, 6.07) is 18.0. The SMILES string of the molecule is CC(=O)c1ccc(Nc2nc(C)cc(C(=O)Nc3cccc4cccnc34)n2)cc1. The van der Waals surface area contributed by atoms with Crippen molar-refractivity contribution in [3.8, 4) is 0 Å². The van der Waals surface area contributed by atoms with Gasteiger partial charge in [0.2, 0.25) is 5.95 Å². The summed E-state index contributed by atoms with van der Waals surface area (Å²) in [6.07, 6.45) is 1.69. The lowest BCUT2D eigenvalue weighted by Crippen LogP contribution is -2.16. The Kier molecular flexibility index (Phi) is 5.17. The van der Waals surface area contributed by atoms with Gasteiger partial charge in [-0.15, -0.1) is 0 Å². The maximum Gasteiger partial charge on any atom is 0.274 e. The number of aromatic nitrogens is 3. The third-order valence-electron chi connectivity index (χ3n) is 4.52. The number of ketones is 1. The van der Waals surface area contributed by atoms with E-state index in [2.05, 4.69) is 25.6 Å². The summed E-state index contributed by atoms with van der Waals surface area (Å²) >= 11 is 0. The molecule has 2 aromatic carbocycles. The number of carbonyl (C=O) groups excluding carboxylic acids is 2. The van der Waals surface area contributed by atoms with E-state index in [1.165, 1.54) is 6.92 Å². The first-order valence-corrected chi connectivity index (χ1v) is 9.38. The summed E-state index contributed by atoms with van der Waals surface area (Å²) in [5.41, 5.74) is 3.55. The van der Waals surface area contributed by atoms with E-state index in [0.717, 1.165) is 11.1 Å². The van der Waals surface area contributed by atoms with Crippen molar-refractivity contribution in [3.05, 3.63) is 83.8 Å². The van der Waals surface area contributed by atoms with Gasteiger partial charge in [0.25, 0.3) is 5.91 Å². The van der Waals surface area contributed by atoms with Crippen molar-refractivity contribution in [2.24, 2.45) is 0 Å². The smallest absolute Gasteiger partial charge is 0.274 e. The molecule has 30 heavy (non-hydrogen) atoms. The van der Waals surface area contributed by atoms with Crippen molar-refractivity contribution in [2.45, 2.75) is 13.8 Å². The van der Waals surface area contributed by atoms with Crippen LogP contribution in [0.25, 0.3) is 10.9 Å². The Morgan fingerprint density at radius 3 is 2.47 bits per heavy atom. The number of carbonyl (C=O) groups is 2. The number of nitrogens with zero attached hydrogens (tertiary/aromatic N) is 3. The van der Waals surface area contributed by atoms with Crippen molar-refractivity contribution in [1.29, 1.82) is 0 Å². The molecule has 0 fully saturated rings. The van der Waals surface area contributed by atoms with Crippen LogP contribution in [0.2, 0.25) is 0 Å². The van der Waals surface area contributed by atoms with Gasteiger partial charge < -0.3 is 10.6 Å². The van der Waals surface area contributed by atoms with E-state index >= 15 is 0 Å². The van der Waals surface area contributed by atoms with Crippen molar-refractivity contribution >= 4 is 39.9 Å². The molecule has 0 aliphatic carbocycles. The van der Waals surface area contributed by atoms with Gasteiger partial charge in [0.1, 0.15) is 5.69 Å². The number of hydrogen-bond acceptors (Lipinski definition) is 6. The van der Waals surface area contributed by atoms with E-state index < -0.39 is 0 Å². The average Bonchev–Trinajstić information content (AvgIpc) is 2.74. The van der Waals surface area contributed by atoms with Gasteiger partial charge in [0.15, 0.2) is 5.78 Å². The van der Waals surface area contributed by atoms with Gasteiger partial charge in [-0.1, -0.05) is 18.2 Å². The molecule has 2 N–H and O–H groups in total. The molecule has 0 spiro atoms. The molecule has 0 aliphatic rings. The van der Waals surface area contributed by atoms with Gasteiger partial charge >= 0.3 is 0 Å². The number of nitrogens with one attached hydrogen (secondary N) is 2. The minimum Gasteiger partial charge on any atom is -0.324 e. The maximum atomic E-state index is 12.8. The van der Waals surface area contributed by atoms with Crippen molar-refractivity contribution in [1.82, 2.24) is 15.0 Å². The molecule has 2 aromatic heterocycles. The van der Waals surface area contributed by atoms with Crippen molar-refractivity contribution in [2.75, 3.05) is 10.6 Å². The lowest BCUT2D eigenvalue weighted by atomic mass is 10.1. The normalized spacial score (nSPS) is 10.6. The van der Waals surface area contributed by atoms with Crippen LogP contribution in [0.3, 0.4) is 0 Å². The molecule has 0 saturated carbocycles. The number of fused-ring (bicyclic) bond motifs is 1. The largest absolute Gasteiger partial charge is 0.324 e. The Hall–Kier alpha value is -4.13. The maximum absolute atomic E-state index is 12.8. The lowest BCUT2D eigenvalue weighted by molar-refractivity contribution is 0.101. The highest BCUT2D eigenvalue weighted by Gasteiger charge is 2.13. The second kappa shape index (κ2) is 8.08. The molecular formula is C23H19N5O2. The summed E-state index contributed by atoms with van der Waals surface area (Å²) in [5, 5.41) is 6.89. The summed E-state index contributed by atoms with van der Waals surface area (Å²) in [5.74, 6) is -0.0596. The fourth-order valence-corrected chi connectivity index (χ4v) is 3.05. The Morgan fingerprint density at radius 1 is 0.933 bits per heavy atom. The molecule has 0 radical (unpaired) electrons. The lowest BCUT2D eigenvalue weighted by Gasteiger charge is -2.10. The zero-order valence-electron chi connectivity index (χ0n) is 16.5. The molecule has 148 valence electrons. The van der Waals surface area contributed by atoms with Crippen LogP contribution >= 0.6 is 0 Å². The first-order chi connectivity index (χ1) is 14.5. The molecule has 4 rings (SSSR count). The fourth-order valence-electron chi connectivity index (χ4n) is 3.05. The summed E-state index contributed by atoms with van der Waals surface area (Å²) in [6.45, 7) is 3.31. The minimum atomic E-state index is -0.353. The van der Waals surface area contributed by atoms with Crippen LogP contribution in [-0.4, -0.2) is 26.6 Å². The molecule has 7 nitrogen and oxygen atoms in total. The number of anilines is 3. The van der Waals surface area contributed by atoms with Crippen LogP contribution < -0.4 is 10.6 Å². The van der Waals surface area contributed by atoms with Crippen molar-refractivity contribution in [3.63, 3.8) is 0 Å². The third-order valence-corrected chi connectivity index (χ3v) is 4.52. The van der Waals surface area contributed by atoms with Crippen molar-refractivity contribution < 1.29 is 9.59 Å². The first-order valence-electron chi connectivity index (χ1n) is 9.38. The zero-order valence-corrected chi connectivity index (χ0v) is 16.5. The fraction of sp³-hybridized carbons (Fsp3) is 0.0870. The molecule has 1 amide bonds. The van der Waals surface area contributed by atoms with Gasteiger partial charge in [-0.25, -0.2) is 9.97 Å². The summed E-state index contributed by atoms with van der Waals surface area (Å²) in [7, 11) is 0. The summed E-state index contributed by atoms with van der Waals surface area (Å²) < 4.78 is 0. The van der Waals surface area contributed by atoms with Crippen LogP contribution in [0, 0.1) is 6.92 Å². The number of benzene rings is 2. The Labute approximate surface area is 173 Å². The first kappa shape index (κ1) is 19.2. The van der Waals surface area contributed by atoms with Crippen LogP contribution in [-0.2, 0) is 0 Å². The quantitative estimate of drug-likeness (QED) is 0.480. The summed E-state index contributed by atoms with van der Waals surface area (Å²) in [4.78, 5) is 37.3. The van der Waals surface area contributed by atoms with Crippen LogP contribution in [0.15, 0.2) is 66.9 Å². The monoisotopic (exact) mass is 397 g/mol. The van der Waals surface area contributed by atoms with Gasteiger partial charge in [-0.3, -0.25) is 14.6 Å². The Balaban J connectivity index is 1.57. The predicted molar refractivity (Wildman–Crippen MR) is 116 cm³/mol. The van der Waals surface area contributed by atoms with Crippen LogP contribution in [0.1, 0.15) is 33.5 Å². The predicted octanol–water partition coefficient (Wildman–Crippen LogP) is 4.53. The number of Topliss-reactive ketones (excluding diaryl/α,β-unsaturated/α-hetero) is 1. The highest BCUT2D eigenvalue weighted by Crippen LogP contribution is 2.22. The van der Waals surface area contributed by atoms with E-state index in [4.69, 9.17) is 0 Å². The number of amides is 1. The molecule has 0 unspecified atom stereocenters. The Bertz CT molecular complexity index is 1250. The number of rotatable bonds is 5. The van der Waals surface area contributed by atoms with Gasteiger partial charge in [-0.05, 0) is 56.3 Å². The topological polar surface area (TPSA) is 96.9 Å². The van der Waals surface area contributed by atoms with E-state index in [9.17, 15) is 9.59 Å². The molecule has 7 heteroatoms. The molecule has 0 bridgehead atoms. The highest BCUT2D eigenvalue weighted by atomic mass is 16.2. The van der Waals surface area contributed by atoms with E-state index in [1.807, 2.05) is 24.3 Å². The van der Waals surface area contributed by atoms with Gasteiger partial charge in [-0.2, -0.15) is 0 Å². The number of pyridine rings is 1. The van der Waals surface area contributed by atoms with Gasteiger partial charge in [0.05, 0.1) is 11.2 Å². The molecular weight excluding hydrogens is 378 g/mol. The minimum absolute atomic E-state index is 0.00441. The van der Waals surface area contributed by atoms with E-state index in [1.54, 1.807) is 49.5 Å². The highest BCUT2D eigenvalue weighted by molar-refractivity contribution is 6.07. The standard InChI is InChI=1S/C23H19N5O2/c1-14-13-20(22(30)27-19-7-3-5-17-6-4-12-24-21(17)19)28-23(25-14)26-18-10-8-16(9-11-18)15(2)29/h3-13H,1-2H3,(H,27,30)(H,25,26,28). The molecule has 4 aromatic rings. The van der Waals surface area contributed by atoms with Crippen LogP contribution in [0.5, 0.6) is 0 Å². The molecule has 0 atom stereocenters. The second-order valence-electron chi connectivity index (χ2n) is 6.81. The molecule has 0 saturated heterocycles. The second-order valence-corrected chi connectivity index (χ2v) is 6.81. The number of aryl methyl sites for hydroxylation is 1. The Morgan fingerprint density at radius 2 is 1.70 bits per heavy atom. The van der Waals surface area contributed by atoms with Gasteiger partial charge in [0, 0.05) is 28.5 Å². The zero-order chi connectivity index (χ0) is 21.1. The van der Waals surface area contributed by atoms with Crippen LogP contribution in [0.4, 0.5) is 17.3 Å². The van der Waals surface area contributed by atoms with E-state index in [0.29, 0.717) is 28.4 Å². The van der Waals surface area contributed by atoms with E-state index in [-0.39, 0.29) is 17.4 Å².